The lowest BCUT2D eigenvalue weighted by Crippen LogP contribution is -2.30. The fourth-order valence-electron chi connectivity index (χ4n) is 8.21. The van der Waals surface area contributed by atoms with Crippen LogP contribution in [0.3, 0.4) is 0 Å². The molecule has 0 bridgehead atoms. The van der Waals surface area contributed by atoms with Crippen LogP contribution in [0.25, 0.3) is 0 Å². The van der Waals surface area contributed by atoms with Crippen molar-refractivity contribution in [2.75, 3.05) is 19.8 Å². The fraction of sp³-hybridized carbons (Fsp3) is 0.831. The molecule has 0 N–H and O–H groups in total. The van der Waals surface area contributed by atoms with Gasteiger partial charge in [0.25, 0.3) is 0 Å². The number of esters is 2. The van der Waals surface area contributed by atoms with Gasteiger partial charge >= 0.3 is 11.9 Å². The van der Waals surface area contributed by atoms with Crippen molar-refractivity contribution in [1.82, 2.24) is 0 Å². The van der Waals surface area contributed by atoms with E-state index in [-0.39, 0.29) is 25.2 Å². The highest BCUT2D eigenvalue weighted by molar-refractivity contribution is 5.70. The molecule has 0 aromatic carbocycles. The van der Waals surface area contributed by atoms with E-state index in [1.165, 1.54) is 186 Å². The van der Waals surface area contributed by atoms with Gasteiger partial charge in [-0.3, -0.25) is 9.59 Å². The second-order valence-electron chi connectivity index (χ2n) is 18.8. The summed E-state index contributed by atoms with van der Waals surface area (Å²) < 4.78 is 17.4. The molecule has 1 unspecified atom stereocenters. The van der Waals surface area contributed by atoms with Crippen LogP contribution >= 0.6 is 0 Å². The monoisotopic (exact) mass is 897 g/mol. The minimum absolute atomic E-state index is 0.0687. The van der Waals surface area contributed by atoms with E-state index in [0.717, 1.165) is 70.6 Å². The molecular formula is C59H108O5. The Morgan fingerprint density at radius 3 is 1.12 bits per heavy atom. The van der Waals surface area contributed by atoms with Gasteiger partial charge in [0.1, 0.15) is 6.61 Å². The van der Waals surface area contributed by atoms with Crippen molar-refractivity contribution in [2.24, 2.45) is 0 Å². The van der Waals surface area contributed by atoms with Crippen molar-refractivity contribution in [3.63, 3.8) is 0 Å². The first-order chi connectivity index (χ1) is 31.6. The van der Waals surface area contributed by atoms with Gasteiger partial charge < -0.3 is 14.2 Å². The Kier molecular flexibility index (Phi) is 53.3. The summed E-state index contributed by atoms with van der Waals surface area (Å²) in [6.07, 6.45) is 68.5. The Hall–Kier alpha value is -2.14. The number of allylic oxidation sites excluding steroid dienone is 8. The summed E-state index contributed by atoms with van der Waals surface area (Å²) in [5, 5.41) is 0. The summed E-state index contributed by atoms with van der Waals surface area (Å²) in [5.74, 6) is -0.429. The molecule has 0 radical (unpaired) electrons. The van der Waals surface area contributed by atoms with Crippen molar-refractivity contribution >= 4 is 11.9 Å². The molecule has 0 fully saturated rings. The highest BCUT2D eigenvalue weighted by Crippen LogP contribution is 2.16. The molecule has 0 heterocycles. The van der Waals surface area contributed by atoms with Crippen molar-refractivity contribution < 1.29 is 23.8 Å². The first kappa shape index (κ1) is 61.9. The summed E-state index contributed by atoms with van der Waals surface area (Å²) >= 11 is 0. The Labute approximate surface area is 399 Å². The molecule has 0 amide bonds. The van der Waals surface area contributed by atoms with Crippen molar-refractivity contribution in [1.29, 1.82) is 0 Å². The Morgan fingerprint density at radius 2 is 0.703 bits per heavy atom. The van der Waals surface area contributed by atoms with E-state index >= 15 is 0 Å². The van der Waals surface area contributed by atoms with Crippen LogP contribution in [0.1, 0.15) is 290 Å². The predicted molar refractivity (Wildman–Crippen MR) is 279 cm³/mol. The summed E-state index contributed by atoms with van der Waals surface area (Å²) in [5.41, 5.74) is 0. The quantitative estimate of drug-likeness (QED) is 0.0346. The average molecular weight is 898 g/mol. The highest BCUT2D eigenvalue weighted by Gasteiger charge is 2.17. The molecule has 64 heavy (non-hydrogen) atoms. The maximum absolute atomic E-state index is 12.8. The largest absolute Gasteiger partial charge is 0.462 e. The van der Waals surface area contributed by atoms with Crippen LogP contribution in [0.4, 0.5) is 0 Å². The Morgan fingerprint density at radius 1 is 0.359 bits per heavy atom. The summed E-state index contributed by atoms with van der Waals surface area (Å²) in [6, 6.07) is 0. The van der Waals surface area contributed by atoms with Gasteiger partial charge in [0.2, 0.25) is 0 Å². The minimum Gasteiger partial charge on any atom is -0.462 e. The lowest BCUT2D eigenvalue weighted by Gasteiger charge is -2.18. The topological polar surface area (TPSA) is 61.8 Å². The number of unbranched alkanes of at least 4 members (excludes halogenated alkanes) is 33. The number of hydrogen-bond acceptors (Lipinski definition) is 5. The molecule has 0 spiro atoms. The second kappa shape index (κ2) is 55.2. The standard InChI is InChI=1S/C59H108O5/c1-4-7-10-13-16-19-22-25-27-28-29-30-31-33-36-39-42-45-48-51-54-62-55-57(64-59(61)53-50-47-44-41-38-34-24-21-18-15-12-9-6-3)56-63-58(60)52-49-46-43-40-37-35-32-26-23-20-17-14-11-8-5-2/h8,11,17,20,26,32,37,40,57H,4-7,9-10,12-16,18-19,21-25,27-31,33-36,38-39,41-56H2,1-3H3/b11-8-,20-17-,32-26-,40-37-. The van der Waals surface area contributed by atoms with Gasteiger partial charge in [0.05, 0.1) is 6.61 Å². The molecule has 0 rings (SSSR count). The molecule has 5 nitrogen and oxygen atoms in total. The number of rotatable bonds is 52. The maximum Gasteiger partial charge on any atom is 0.306 e. The first-order valence-electron chi connectivity index (χ1n) is 28.2. The smallest absolute Gasteiger partial charge is 0.306 e. The van der Waals surface area contributed by atoms with Crippen LogP contribution in [0.15, 0.2) is 48.6 Å². The number of carbonyl (C=O) groups excluding carboxylic acids is 2. The molecule has 5 heteroatoms. The second-order valence-corrected chi connectivity index (χ2v) is 18.8. The van der Waals surface area contributed by atoms with Crippen LogP contribution in [-0.4, -0.2) is 37.9 Å². The number of ether oxygens (including phenoxy) is 3. The number of hydrogen-bond donors (Lipinski definition) is 0. The minimum atomic E-state index is -0.548. The SMILES string of the molecule is CC/C=C\C/C=C\C/C=C\C/C=C\CCCCC(=O)OCC(COCCCCCCCCCCCCCCCCCCCCCC)OC(=O)CCCCCCCCCCCCCCC. The molecule has 374 valence electrons. The third-order valence-corrected chi connectivity index (χ3v) is 12.4. The maximum atomic E-state index is 12.8. The third kappa shape index (κ3) is 52.5. The molecule has 0 aliphatic carbocycles. The molecule has 0 aliphatic rings. The zero-order valence-electron chi connectivity index (χ0n) is 43.1. The van der Waals surface area contributed by atoms with E-state index in [1.54, 1.807) is 0 Å². The summed E-state index contributed by atoms with van der Waals surface area (Å²) in [4.78, 5) is 25.4. The lowest BCUT2D eigenvalue weighted by atomic mass is 10.0. The molecule has 0 saturated carbocycles. The molecule has 0 aromatic heterocycles. The summed E-state index contributed by atoms with van der Waals surface area (Å²) in [7, 11) is 0. The number of carbonyl (C=O) groups is 2. The zero-order valence-corrected chi connectivity index (χ0v) is 43.1. The van der Waals surface area contributed by atoms with Gasteiger partial charge in [0, 0.05) is 19.4 Å². The van der Waals surface area contributed by atoms with Crippen LogP contribution in [0, 0.1) is 0 Å². The van der Waals surface area contributed by atoms with E-state index < -0.39 is 6.10 Å². The lowest BCUT2D eigenvalue weighted by molar-refractivity contribution is -0.163. The van der Waals surface area contributed by atoms with E-state index in [4.69, 9.17) is 14.2 Å². The van der Waals surface area contributed by atoms with E-state index in [1.807, 2.05) is 0 Å². The Bertz CT molecular complexity index is 1060. The Balaban J connectivity index is 4.24. The van der Waals surface area contributed by atoms with Crippen LogP contribution in [-0.2, 0) is 23.8 Å². The first-order valence-corrected chi connectivity index (χ1v) is 28.2. The van der Waals surface area contributed by atoms with Crippen LogP contribution in [0.5, 0.6) is 0 Å². The van der Waals surface area contributed by atoms with E-state index in [2.05, 4.69) is 69.4 Å². The van der Waals surface area contributed by atoms with Gasteiger partial charge in [-0.05, 0) is 57.8 Å². The fourth-order valence-corrected chi connectivity index (χ4v) is 8.21. The molecule has 0 aliphatic heterocycles. The van der Waals surface area contributed by atoms with Crippen molar-refractivity contribution in [3.05, 3.63) is 48.6 Å². The van der Waals surface area contributed by atoms with Gasteiger partial charge in [0.15, 0.2) is 6.10 Å². The van der Waals surface area contributed by atoms with Gasteiger partial charge in [-0.2, -0.15) is 0 Å². The van der Waals surface area contributed by atoms with Crippen LogP contribution < -0.4 is 0 Å². The van der Waals surface area contributed by atoms with E-state index in [9.17, 15) is 9.59 Å². The van der Waals surface area contributed by atoms with Crippen molar-refractivity contribution in [3.8, 4) is 0 Å². The van der Waals surface area contributed by atoms with Gasteiger partial charge in [-0.15, -0.1) is 0 Å². The van der Waals surface area contributed by atoms with Gasteiger partial charge in [-0.25, -0.2) is 0 Å². The molecular weight excluding hydrogens is 789 g/mol. The third-order valence-electron chi connectivity index (χ3n) is 12.4. The molecule has 1 atom stereocenters. The van der Waals surface area contributed by atoms with Gasteiger partial charge in [-0.1, -0.05) is 268 Å². The predicted octanol–water partition coefficient (Wildman–Crippen LogP) is 19.1. The van der Waals surface area contributed by atoms with Crippen molar-refractivity contribution in [2.45, 2.75) is 297 Å². The average Bonchev–Trinajstić information content (AvgIpc) is 3.30. The highest BCUT2D eigenvalue weighted by atomic mass is 16.6. The summed E-state index contributed by atoms with van der Waals surface area (Å²) in [6.45, 7) is 7.72. The van der Waals surface area contributed by atoms with E-state index in [0.29, 0.717) is 19.4 Å². The molecule has 0 saturated heterocycles. The zero-order chi connectivity index (χ0) is 46.3. The molecule has 0 aromatic rings. The normalized spacial score (nSPS) is 12.5. The van der Waals surface area contributed by atoms with Crippen LogP contribution in [0.2, 0.25) is 0 Å².